The van der Waals surface area contributed by atoms with Gasteiger partial charge in [0.15, 0.2) is 11.6 Å². The quantitative estimate of drug-likeness (QED) is 0.425. The van der Waals surface area contributed by atoms with E-state index in [1.807, 2.05) is 13.0 Å². The Kier molecular flexibility index (Phi) is 5.99. The first-order chi connectivity index (χ1) is 15.0. The van der Waals surface area contributed by atoms with Crippen LogP contribution in [0, 0.1) is 23.4 Å². The van der Waals surface area contributed by atoms with Gasteiger partial charge in [0.1, 0.15) is 5.82 Å². The van der Waals surface area contributed by atoms with Crippen LogP contribution in [0.5, 0.6) is 5.75 Å². The molecule has 0 aliphatic heterocycles. The standard InChI is InChI=1S/C27H23F3O/c1-2-3-17-4-6-18(7-5-17)21-12-13-22(24(28)16-21)19-8-10-20(11-9-19)23-14-15-25(31)27(30)26(23)29/h2-3,6,8-17,31H,4-5,7H2,1H3/b3-2+. The van der Waals surface area contributed by atoms with Gasteiger partial charge in [-0.1, -0.05) is 54.6 Å². The van der Waals surface area contributed by atoms with Crippen LogP contribution < -0.4 is 0 Å². The van der Waals surface area contributed by atoms with Crippen LogP contribution in [0.3, 0.4) is 0 Å². The lowest BCUT2D eigenvalue weighted by Gasteiger charge is -2.19. The van der Waals surface area contributed by atoms with Gasteiger partial charge < -0.3 is 5.11 Å². The van der Waals surface area contributed by atoms with E-state index in [0.717, 1.165) is 30.9 Å². The minimum absolute atomic E-state index is 0.0399. The summed E-state index contributed by atoms with van der Waals surface area (Å²) in [6, 6.07) is 14.3. The Morgan fingerprint density at radius 2 is 1.48 bits per heavy atom. The van der Waals surface area contributed by atoms with E-state index in [1.165, 1.54) is 11.6 Å². The summed E-state index contributed by atoms with van der Waals surface area (Å²) in [6.45, 7) is 2.03. The van der Waals surface area contributed by atoms with Crippen LogP contribution in [0.1, 0.15) is 31.7 Å². The molecule has 0 saturated carbocycles. The fourth-order valence-corrected chi connectivity index (χ4v) is 4.10. The van der Waals surface area contributed by atoms with Gasteiger partial charge in [-0.05, 0) is 72.6 Å². The Morgan fingerprint density at radius 3 is 2.10 bits per heavy atom. The predicted molar refractivity (Wildman–Crippen MR) is 119 cm³/mol. The van der Waals surface area contributed by atoms with Crippen molar-refractivity contribution in [3.05, 3.63) is 95.8 Å². The Balaban J connectivity index is 1.58. The van der Waals surface area contributed by atoms with Gasteiger partial charge in [-0.15, -0.1) is 0 Å². The number of halogens is 3. The Hall–Kier alpha value is -3.27. The van der Waals surface area contributed by atoms with Crippen LogP contribution in [-0.2, 0) is 0 Å². The molecule has 0 fully saturated rings. The molecule has 0 amide bonds. The van der Waals surface area contributed by atoms with Gasteiger partial charge in [0.2, 0.25) is 5.82 Å². The van der Waals surface area contributed by atoms with Crippen molar-refractivity contribution in [1.82, 2.24) is 0 Å². The fourth-order valence-electron chi connectivity index (χ4n) is 4.10. The predicted octanol–water partition coefficient (Wildman–Crippen LogP) is 7.90. The van der Waals surface area contributed by atoms with E-state index in [-0.39, 0.29) is 11.4 Å². The molecular formula is C27H23F3O. The molecule has 0 spiro atoms. The van der Waals surface area contributed by atoms with Crippen molar-refractivity contribution in [3.8, 4) is 28.0 Å². The van der Waals surface area contributed by atoms with E-state index < -0.39 is 17.4 Å². The van der Waals surface area contributed by atoms with Crippen LogP contribution in [0.4, 0.5) is 13.2 Å². The maximum absolute atomic E-state index is 14.9. The van der Waals surface area contributed by atoms with Gasteiger partial charge in [-0.25, -0.2) is 8.78 Å². The topological polar surface area (TPSA) is 20.2 Å². The molecule has 0 saturated heterocycles. The number of benzene rings is 3. The molecule has 0 radical (unpaired) electrons. The Labute approximate surface area is 180 Å². The van der Waals surface area contributed by atoms with Crippen LogP contribution in [0.15, 0.2) is 72.8 Å². The van der Waals surface area contributed by atoms with Crippen molar-refractivity contribution >= 4 is 5.57 Å². The number of phenolic OH excluding ortho intramolecular Hbond substituents is 1. The van der Waals surface area contributed by atoms with Crippen LogP contribution >= 0.6 is 0 Å². The molecule has 3 aromatic rings. The summed E-state index contributed by atoms with van der Waals surface area (Å²) >= 11 is 0. The molecule has 0 aromatic heterocycles. The van der Waals surface area contributed by atoms with Crippen molar-refractivity contribution in [3.63, 3.8) is 0 Å². The molecule has 158 valence electrons. The van der Waals surface area contributed by atoms with E-state index in [1.54, 1.807) is 36.4 Å². The third kappa shape index (κ3) is 4.29. The zero-order valence-corrected chi connectivity index (χ0v) is 17.2. The highest BCUT2D eigenvalue weighted by molar-refractivity contribution is 5.74. The maximum atomic E-state index is 14.9. The monoisotopic (exact) mass is 420 g/mol. The zero-order chi connectivity index (χ0) is 22.0. The van der Waals surface area contributed by atoms with Gasteiger partial charge in [-0.2, -0.15) is 4.39 Å². The molecule has 0 bridgehead atoms. The average molecular weight is 420 g/mol. The van der Waals surface area contributed by atoms with Crippen molar-refractivity contribution < 1.29 is 18.3 Å². The molecule has 1 unspecified atom stereocenters. The first kappa shape index (κ1) is 21.0. The molecule has 1 atom stereocenters. The highest BCUT2D eigenvalue weighted by atomic mass is 19.2. The highest BCUT2D eigenvalue weighted by Gasteiger charge is 2.16. The summed E-state index contributed by atoms with van der Waals surface area (Å²) < 4.78 is 42.7. The molecule has 1 nitrogen and oxygen atoms in total. The first-order valence-electron chi connectivity index (χ1n) is 10.4. The average Bonchev–Trinajstić information content (AvgIpc) is 2.79. The first-order valence-corrected chi connectivity index (χ1v) is 10.4. The summed E-state index contributed by atoms with van der Waals surface area (Å²) in [6.07, 6.45) is 9.46. The molecule has 0 heterocycles. The van der Waals surface area contributed by atoms with Crippen LogP contribution in [0.25, 0.3) is 27.8 Å². The van der Waals surface area contributed by atoms with Gasteiger partial charge in [0.05, 0.1) is 0 Å². The lowest BCUT2D eigenvalue weighted by atomic mass is 9.86. The molecule has 1 N–H and O–H groups in total. The van der Waals surface area contributed by atoms with E-state index in [9.17, 15) is 18.3 Å². The molecule has 4 rings (SSSR count). The minimum Gasteiger partial charge on any atom is -0.505 e. The molecule has 4 heteroatoms. The molecule has 1 aliphatic rings. The van der Waals surface area contributed by atoms with Crippen molar-refractivity contribution in [2.45, 2.75) is 26.2 Å². The third-order valence-electron chi connectivity index (χ3n) is 5.82. The van der Waals surface area contributed by atoms with E-state index in [4.69, 9.17) is 0 Å². The van der Waals surface area contributed by atoms with Crippen molar-refractivity contribution in [2.24, 2.45) is 5.92 Å². The van der Waals surface area contributed by atoms with Crippen molar-refractivity contribution in [2.75, 3.05) is 0 Å². The summed E-state index contributed by atoms with van der Waals surface area (Å²) in [5.74, 6) is -2.88. The zero-order valence-electron chi connectivity index (χ0n) is 17.2. The molecule has 31 heavy (non-hydrogen) atoms. The van der Waals surface area contributed by atoms with E-state index >= 15 is 0 Å². The highest BCUT2D eigenvalue weighted by Crippen LogP contribution is 2.34. The second-order valence-electron chi connectivity index (χ2n) is 7.82. The third-order valence-corrected chi connectivity index (χ3v) is 5.82. The SMILES string of the molecule is C/C=C/C1CC=C(c2ccc(-c3ccc(-c4ccc(O)c(F)c4F)cc3)c(F)c2)CC1. The maximum Gasteiger partial charge on any atom is 0.200 e. The number of hydrogen-bond acceptors (Lipinski definition) is 1. The van der Waals surface area contributed by atoms with Gasteiger partial charge >= 0.3 is 0 Å². The van der Waals surface area contributed by atoms with Crippen LogP contribution in [-0.4, -0.2) is 5.11 Å². The number of phenols is 1. The minimum atomic E-state index is -1.28. The van der Waals surface area contributed by atoms with Crippen molar-refractivity contribution in [1.29, 1.82) is 0 Å². The molecule has 3 aromatic carbocycles. The fraction of sp³-hybridized carbons (Fsp3) is 0.185. The van der Waals surface area contributed by atoms with E-state index in [2.05, 4.69) is 18.2 Å². The summed E-state index contributed by atoms with van der Waals surface area (Å²) in [5, 5.41) is 9.28. The van der Waals surface area contributed by atoms with Crippen LogP contribution in [0.2, 0.25) is 0 Å². The summed E-state index contributed by atoms with van der Waals surface area (Å²) in [5.41, 5.74) is 3.66. The second kappa shape index (κ2) is 8.84. The van der Waals surface area contributed by atoms with Gasteiger partial charge in [-0.3, -0.25) is 0 Å². The largest absolute Gasteiger partial charge is 0.505 e. The molecular weight excluding hydrogens is 397 g/mol. The Bertz CT molecular complexity index is 1160. The van der Waals surface area contributed by atoms with Gasteiger partial charge in [0.25, 0.3) is 0 Å². The number of rotatable bonds is 4. The number of hydrogen-bond donors (Lipinski definition) is 1. The summed E-state index contributed by atoms with van der Waals surface area (Å²) in [4.78, 5) is 0. The Morgan fingerprint density at radius 1 is 0.839 bits per heavy atom. The van der Waals surface area contributed by atoms with Gasteiger partial charge in [0, 0.05) is 11.1 Å². The molecule has 1 aliphatic carbocycles. The number of allylic oxidation sites excluding steroid dienone is 4. The lowest BCUT2D eigenvalue weighted by molar-refractivity contribution is 0.408. The normalized spacial score (nSPS) is 16.5. The lowest BCUT2D eigenvalue weighted by Crippen LogP contribution is -2.02. The smallest absolute Gasteiger partial charge is 0.200 e. The van der Waals surface area contributed by atoms with E-state index in [0.29, 0.717) is 22.6 Å². The number of aromatic hydroxyl groups is 1. The second-order valence-corrected chi connectivity index (χ2v) is 7.82. The summed E-state index contributed by atoms with van der Waals surface area (Å²) in [7, 11) is 0.